The summed E-state index contributed by atoms with van der Waals surface area (Å²) in [6.45, 7) is 3.20. The van der Waals surface area contributed by atoms with Gasteiger partial charge in [0.2, 0.25) is 0 Å². The number of rotatable bonds is 2. The molecule has 0 aromatic carbocycles. The molecule has 2 aliphatic carbocycles. The first-order chi connectivity index (χ1) is 11.8. The third-order valence-corrected chi connectivity index (χ3v) is 5.63. The second-order valence-electron chi connectivity index (χ2n) is 7.29. The number of carbonyl (C=O) groups is 1. The van der Waals surface area contributed by atoms with E-state index in [-0.39, 0.29) is 6.03 Å². The standard InChI is InChI=1S/C18H27N5O/c24-18(19-15-6-2-1-3-7-15)23-11-9-22(10-12-23)17-13-14-5-4-8-16(14)20-21-17/h13,15H,1-12H2,(H,19,24). The van der Waals surface area contributed by atoms with Crippen LogP contribution in [0.2, 0.25) is 0 Å². The maximum atomic E-state index is 12.4. The highest BCUT2D eigenvalue weighted by atomic mass is 16.2. The molecular weight excluding hydrogens is 302 g/mol. The van der Waals surface area contributed by atoms with Gasteiger partial charge in [0.1, 0.15) is 0 Å². The number of hydrogen-bond donors (Lipinski definition) is 1. The quantitative estimate of drug-likeness (QED) is 0.903. The maximum absolute atomic E-state index is 12.4. The van der Waals surface area contributed by atoms with Crippen molar-refractivity contribution >= 4 is 11.8 Å². The average Bonchev–Trinajstić information content (AvgIpc) is 3.10. The van der Waals surface area contributed by atoms with Crippen LogP contribution in [0.3, 0.4) is 0 Å². The van der Waals surface area contributed by atoms with Crippen molar-refractivity contribution in [2.24, 2.45) is 0 Å². The van der Waals surface area contributed by atoms with E-state index in [4.69, 9.17) is 0 Å². The molecule has 130 valence electrons. The van der Waals surface area contributed by atoms with E-state index in [1.54, 1.807) is 0 Å². The molecule has 2 heterocycles. The van der Waals surface area contributed by atoms with Crippen molar-refractivity contribution in [2.75, 3.05) is 31.1 Å². The highest BCUT2D eigenvalue weighted by Gasteiger charge is 2.25. The molecule has 1 saturated carbocycles. The molecule has 0 atom stereocenters. The Hall–Kier alpha value is -1.85. The number of urea groups is 1. The molecule has 1 saturated heterocycles. The van der Waals surface area contributed by atoms with Crippen LogP contribution in [0.4, 0.5) is 10.6 Å². The van der Waals surface area contributed by atoms with Gasteiger partial charge in [0.25, 0.3) is 0 Å². The highest BCUT2D eigenvalue weighted by molar-refractivity contribution is 5.74. The smallest absolute Gasteiger partial charge is 0.317 e. The van der Waals surface area contributed by atoms with Gasteiger partial charge in [-0.15, -0.1) is 5.10 Å². The molecule has 1 aromatic rings. The van der Waals surface area contributed by atoms with Crippen molar-refractivity contribution in [1.82, 2.24) is 20.4 Å². The van der Waals surface area contributed by atoms with Gasteiger partial charge in [0.05, 0.1) is 5.69 Å². The van der Waals surface area contributed by atoms with E-state index in [9.17, 15) is 4.79 Å². The molecule has 2 fully saturated rings. The molecule has 1 N–H and O–H groups in total. The van der Waals surface area contributed by atoms with Gasteiger partial charge in [-0.2, -0.15) is 5.10 Å². The molecule has 0 bridgehead atoms. The first-order valence-corrected chi connectivity index (χ1v) is 9.45. The van der Waals surface area contributed by atoms with Gasteiger partial charge < -0.3 is 15.1 Å². The lowest BCUT2D eigenvalue weighted by atomic mass is 9.96. The zero-order chi connectivity index (χ0) is 16.4. The molecule has 0 spiro atoms. The van der Waals surface area contributed by atoms with Crippen molar-refractivity contribution in [1.29, 1.82) is 0 Å². The Labute approximate surface area is 143 Å². The number of amides is 2. The fourth-order valence-electron chi connectivity index (χ4n) is 4.12. The minimum absolute atomic E-state index is 0.113. The molecule has 0 unspecified atom stereocenters. The Morgan fingerprint density at radius 2 is 1.79 bits per heavy atom. The predicted molar refractivity (Wildman–Crippen MR) is 93.2 cm³/mol. The predicted octanol–water partition coefficient (Wildman–Crippen LogP) is 2.13. The van der Waals surface area contributed by atoms with Crippen LogP contribution in [0.5, 0.6) is 0 Å². The summed E-state index contributed by atoms with van der Waals surface area (Å²) in [6.07, 6.45) is 9.47. The van der Waals surface area contributed by atoms with Crippen LogP contribution in [0.25, 0.3) is 0 Å². The Balaban J connectivity index is 1.30. The van der Waals surface area contributed by atoms with Gasteiger partial charge in [-0.25, -0.2) is 4.79 Å². The van der Waals surface area contributed by atoms with Crippen molar-refractivity contribution in [3.8, 4) is 0 Å². The Kier molecular flexibility index (Phi) is 4.54. The molecule has 3 aliphatic rings. The van der Waals surface area contributed by atoms with Crippen LogP contribution in [0.1, 0.15) is 49.8 Å². The van der Waals surface area contributed by atoms with Gasteiger partial charge in [-0.3, -0.25) is 0 Å². The Morgan fingerprint density at radius 1 is 1.00 bits per heavy atom. The molecule has 4 rings (SSSR count). The van der Waals surface area contributed by atoms with Crippen LogP contribution < -0.4 is 10.2 Å². The van der Waals surface area contributed by atoms with E-state index in [1.165, 1.54) is 36.9 Å². The van der Waals surface area contributed by atoms with Crippen molar-refractivity contribution in [3.63, 3.8) is 0 Å². The van der Waals surface area contributed by atoms with Gasteiger partial charge >= 0.3 is 6.03 Å². The normalized spacial score (nSPS) is 21.7. The number of nitrogens with zero attached hydrogens (tertiary/aromatic N) is 4. The zero-order valence-electron chi connectivity index (χ0n) is 14.3. The number of anilines is 1. The third-order valence-electron chi connectivity index (χ3n) is 5.63. The molecule has 6 nitrogen and oxygen atoms in total. The third kappa shape index (κ3) is 3.32. The molecular formula is C18H27N5O. The summed E-state index contributed by atoms with van der Waals surface area (Å²) in [5, 5.41) is 12.0. The highest BCUT2D eigenvalue weighted by Crippen LogP contribution is 2.23. The van der Waals surface area contributed by atoms with Crippen LogP contribution in [-0.4, -0.2) is 53.3 Å². The Bertz CT molecular complexity index is 591. The molecule has 24 heavy (non-hydrogen) atoms. The number of piperazine rings is 1. The molecule has 1 aliphatic heterocycles. The van der Waals surface area contributed by atoms with E-state index in [0.717, 1.165) is 57.7 Å². The van der Waals surface area contributed by atoms with Gasteiger partial charge in [0.15, 0.2) is 5.82 Å². The van der Waals surface area contributed by atoms with Crippen molar-refractivity contribution in [3.05, 3.63) is 17.3 Å². The summed E-state index contributed by atoms with van der Waals surface area (Å²) in [6, 6.07) is 2.70. The van der Waals surface area contributed by atoms with Crippen LogP contribution in [-0.2, 0) is 12.8 Å². The van der Waals surface area contributed by atoms with Crippen LogP contribution in [0, 0.1) is 0 Å². The fourth-order valence-corrected chi connectivity index (χ4v) is 4.12. The second-order valence-corrected chi connectivity index (χ2v) is 7.29. The van der Waals surface area contributed by atoms with E-state index < -0.39 is 0 Å². The Morgan fingerprint density at radius 3 is 2.58 bits per heavy atom. The molecule has 6 heteroatoms. The fraction of sp³-hybridized carbons (Fsp3) is 0.722. The first kappa shape index (κ1) is 15.7. The van der Waals surface area contributed by atoms with Crippen molar-refractivity contribution in [2.45, 2.75) is 57.4 Å². The maximum Gasteiger partial charge on any atom is 0.317 e. The lowest BCUT2D eigenvalue weighted by Gasteiger charge is -2.36. The zero-order valence-corrected chi connectivity index (χ0v) is 14.3. The van der Waals surface area contributed by atoms with Gasteiger partial charge in [-0.1, -0.05) is 19.3 Å². The van der Waals surface area contributed by atoms with E-state index in [2.05, 4.69) is 26.5 Å². The first-order valence-electron chi connectivity index (χ1n) is 9.45. The van der Waals surface area contributed by atoms with E-state index in [0.29, 0.717) is 6.04 Å². The van der Waals surface area contributed by atoms with Crippen LogP contribution >= 0.6 is 0 Å². The minimum Gasteiger partial charge on any atom is -0.352 e. The summed E-state index contributed by atoms with van der Waals surface area (Å²) >= 11 is 0. The van der Waals surface area contributed by atoms with Gasteiger partial charge in [-0.05, 0) is 43.7 Å². The topological polar surface area (TPSA) is 61.4 Å². The lowest BCUT2D eigenvalue weighted by Crippen LogP contribution is -2.53. The number of carbonyl (C=O) groups excluding carboxylic acids is 1. The SMILES string of the molecule is O=C(NC1CCCCC1)N1CCN(c2cc3c(nn2)CCC3)CC1. The second kappa shape index (κ2) is 6.95. The molecule has 2 amide bonds. The largest absolute Gasteiger partial charge is 0.352 e. The minimum atomic E-state index is 0.113. The summed E-state index contributed by atoms with van der Waals surface area (Å²) in [5.41, 5.74) is 2.53. The number of fused-ring (bicyclic) bond motifs is 1. The molecule has 0 radical (unpaired) electrons. The number of nitrogens with one attached hydrogen (secondary N) is 1. The van der Waals surface area contributed by atoms with E-state index in [1.807, 2.05) is 4.90 Å². The summed E-state index contributed by atoms with van der Waals surface area (Å²) in [7, 11) is 0. The van der Waals surface area contributed by atoms with E-state index >= 15 is 0 Å². The number of hydrogen-bond acceptors (Lipinski definition) is 4. The number of aromatic nitrogens is 2. The van der Waals surface area contributed by atoms with Crippen LogP contribution in [0.15, 0.2) is 6.07 Å². The summed E-state index contributed by atoms with van der Waals surface area (Å²) < 4.78 is 0. The van der Waals surface area contributed by atoms with Crippen molar-refractivity contribution < 1.29 is 4.79 Å². The monoisotopic (exact) mass is 329 g/mol. The lowest BCUT2D eigenvalue weighted by molar-refractivity contribution is 0.186. The summed E-state index contributed by atoms with van der Waals surface area (Å²) in [4.78, 5) is 16.6. The number of aryl methyl sites for hydroxylation is 2. The summed E-state index contributed by atoms with van der Waals surface area (Å²) in [5.74, 6) is 0.975. The van der Waals surface area contributed by atoms with Gasteiger partial charge in [0, 0.05) is 32.2 Å². The molecule has 1 aromatic heterocycles. The average molecular weight is 329 g/mol.